The van der Waals surface area contributed by atoms with Crippen LogP contribution in [0.15, 0.2) is 36.4 Å². The van der Waals surface area contributed by atoms with Crippen molar-refractivity contribution in [1.29, 1.82) is 0 Å². The van der Waals surface area contributed by atoms with Gasteiger partial charge in [0, 0.05) is 18.7 Å². The second-order valence-electron chi connectivity index (χ2n) is 4.78. The zero-order chi connectivity index (χ0) is 13.9. The summed E-state index contributed by atoms with van der Waals surface area (Å²) in [4.78, 5) is 4.34. The van der Waals surface area contributed by atoms with Crippen LogP contribution in [0.1, 0.15) is 18.5 Å². The maximum atomic E-state index is 13.8. The van der Waals surface area contributed by atoms with Gasteiger partial charge < -0.3 is 10.1 Å². The van der Waals surface area contributed by atoms with Crippen molar-refractivity contribution < 1.29 is 9.13 Å². The van der Waals surface area contributed by atoms with E-state index in [2.05, 4.69) is 10.3 Å². The number of pyridine rings is 1. The number of rotatable bonds is 5. The summed E-state index contributed by atoms with van der Waals surface area (Å²) in [5.74, 6) is -0.129. The number of nitrogens with one attached hydrogen (secondary N) is 1. The summed E-state index contributed by atoms with van der Waals surface area (Å²) in [6.07, 6.45) is 2.45. The van der Waals surface area contributed by atoms with Crippen LogP contribution in [-0.2, 0) is 6.54 Å². The molecule has 1 heterocycles. The minimum atomic E-state index is -0.572. The first-order chi connectivity index (χ1) is 9.72. The monoisotopic (exact) mass is 292 g/mol. The van der Waals surface area contributed by atoms with Gasteiger partial charge in [-0.2, -0.15) is 0 Å². The van der Waals surface area contributed by atoms with Crippen LogP contribution in [0.2, 0.25) is 5.02 Å². The molecule has 0 amide bonds. The van der Waals surface area contributed by atoms with Crippen LogP contribution < -0.4 is 10.1 Å². The first-order valence-electron chi connectivity index (χ1n) is 6.53. The van der Waals surface area contributed by atoms with Gasteiger partial charge in [-0.25, -0.2) is 9.37 Å². The molecule has 3 nitrogen and oxygen atoms in total. The molecular weight excluding hydrogens is 279 g/mol. The van der Waals surface area contributed by atoms with E-state index < -0.39 is 5.82 Å². The molecule has 1 aliphatic carbocycles. The Bertz CT molecular complexity index is 617. The molecule has 0 atom stereocenters. The van der Waals surface area contributed by atoms with Crippen LogP contribution in [-0.4, -0.2) is 11.0 Å². The fourth-order valence-corrected chi connectivity index (χ4v) is 1.99. The van der Waals surface area contributed by atoms with E-state index in [0.717, 1.165) is 5.69 Å². The van der Waals surface area contributed by atoms with E-state index in [1.54, 1.807) is 12.1 Å². The fourth-order valence-electron chi connectivity index (χ4n) is 1.82. The van der Waals surface area contributed by atoms with Crippen molar-refractivity contribution in [1.82, 2.24) is 10.3 Å². The number of hydrogen-bond acceptors (Lipinski definition) is 3. The highest BCUT2D eigenvalue weighted by Crippen LogP contribution is 2.28. The number of hydrogen-bond donors (Lipinski definition) is 1. The van der Waals surface area contributed by atoms with E-state index in [0.29, 0.717) is 18.5 Å². The summed E-state index contributed by atoms with van der Waals surface area (Å²) in [6, 6.07) is 10.7. The molecule has 1 aromatic carbocycles. The molecule has 1 aliphatic rings. The third kappa shape index (κ3) is 3.26. The normalized spacial score (nSPS) is 14.3. The number of benzene rings is 1. The molecule has 5 heteroatoms. The summed E-state index contributed by atoms with van der Waals surface area (Å²) in [5.41, 5.74) is 0.872. The van der Waals surface area contributed by atoms with Crippen molar-refractivity contribution in [3.05, 3.63) is 52.9 Å². The molecule has 3 rings (SSSR count). The predicted molar refractivity (Wildman–Crippen MR) is 75.6 cm³/mol. The van der Waals surface area contributed by atoms with Gasteiger partial charge in [-0.3, -0.25) is 0 Å². The maximum absolute atomic E-state index is 13.8. The van der Waals surface area contributed by atoms with Crippen molar-refractivity contribution >= 4 is 11.6 Å². The molecule has 104 valence electrons. The third-order valence-electron chi connectivity index (χ3n) is 3.06. The molecule has 1 saturated carbocycles. The lowest BCUT2D eigenvalue weighted by atomic mass is 10.3. The Morgan fingerprint density at radius 3 is 2.85 bits per heavy atom. The second kappa shape index (κ2) is 5.77. The first kappa shape index (κ1) is 13.3. The van der Waals surface area contributed by atoms with Crippen LogP contribution in [0.4, 0.5) is 4.39 Å². The minimum absolute atomic E-state index is 0.0362. The zero-order valence-electron chi connectivity index (χ0n) is 10.8. The topological polar surface area (TPSA) is 34.1 Å². The van der Waals surface area contributed by atoms with E-state index >= 15 is 0 Å². The van der Waals surface area contributed by atoms with Crippen LogP contribution in [0.3, 0.4) is 0 Å². The molecule has 1 N–H and O–H groups in total. The summed E-state index contributed by atoms with van der Waals surface area (Å²) < 4.78 is 19.2. The minimum Gasteiger partial charge on any atom is -0.436 e. The van der Waals surface area contributed by atoms with E-state index in [-0.39, 0.29) is 10.8 Å². The highest BCUT2D eigenvalue weighted by Gasteiger charge is 2.20. The highest BCUT2D eigenvalue weighted by molar-refractivity contribution is 6.30. The predicted octanol–water partition coefficient (Wildman–Crippen LogP) is 3.92. The Hall–Kier alpha value is -1.65. The van der Waals surface area contributed by atoms with Crippen LogP contribution >= 0.6 is 11.6 Å². The van der Waals surface area contributed by atoms with Crippen LogP contribution in [0.25, 0.3) is 0 Å². The number of nitrogens with zero attached hydrogens (tertiary/aromatic N) is 1. The van der Waals surface area contributed by atoms with Gasteiger partial charge in [0.1, 0.15) is 0 Å². The zero-order valence-corrected chi connectivity index (χ0v) is 11.5. The first-order valence-corrected chi connectivity index (χ1v) is 6.91. The smallest absolute Gasteiger partial charge is 0.219 e. The average molecular weight is 293 g/mol. The maximum Gasteiger partial charge on any atom is 0.219 e. The van der Waals surface area contributed by atoms with Gasteiger partial charge in [-0.15, -0.1) is 0 Å². The van der Waals surface area contributed by atoms with Crippen LogP contribution in [0, 0.1) is 5.82 Å². The standard InChI is InChI=1S/C15H14ClFN2O/c16-12-4-2-5-13(15(12)17)20-14-6-1-3-11(19-14)9-18-10-7-8-10/h1-6,10,18H,7-9H2. The number of ether oxygens (including phenoxy) is 1. The van der Waals surface area contributed by atoms with Crippen molar-refractivity contribution in [3.8, 4) is 11.6 Å². The molecule has 1 aromatic heterocycles. The Labute approximate surface area is 121 Å². The molecule has 0 saturated heterocycles. The summed E-state index contributed by atoms with van der Waals surface area (Å²) in [7, 11) is 0. The largest absolute Gasteiger partial charge is 0.436 e. The van der Waals surface area contributed by atoms with Gasteiger partial charge in [0.15, 0.2) is 11.6 Å². The molecule has 0 aliphatic heterocycles. The van der Waals surface area contributed by atoms with Gasteiger partial charge in [-0.1, -0.05) is 23.7 Å². The molecule has 0 unspecified atom stereocenters. The lowest BCUT2D eigenvalue weighted by Crippen LogP contribution is -2.16. The molecule has 0 radical (unpaired) electrons. The SMILES string of the molecule is Fc1c(Cl)cccc1Oc1cccc(CNC2CC2)n1. The number of aromatic nitrogens is 1. The van der Waals surface area contributed by atoms with Crippen LogP contribution in [0.5, 0.6) is 11.6 Å². The molecule has 1 fully saturated rings. The van der Waals surface area contributed by atoms with Crippen molar-refractivity contribution in [2.24, 2.45) is 0 Å². The summed E-state index contributed by atoms with van der Waals surface area (Å²) in [5, 5.41) is 3.41. The Morgan fingerprint density at radius 2 is 2.05 bits per heavy atom. The molecular formula is C15H14ClFN2O. The molecule has 20 heavy (non-hydrogen) atoms. The van der Waals surface area contributed by atoms with E-state index in [9.17, 15) is 4.39 Å². The van der Waals surface area contributed by atoms with Gasteiger partial charge in [-0.05, 0) is 31.0 Å². The Morgan fingerprint density at radius 1 is 1.25 bits per heavy atom. The summed E-state index contributed by atoms with van der Waals surface area (Å²) in [6.45, 7) is 0.694. The Balaban J connectivity index is 1.72. The average Bonchev–Trinajstić information content (AvgIpc) is 3.26. The quantitative estimate of drug-likeness (QED) is 0.907. The summed E-state index contributed by atoms with van der Waals surface area (Å²) >= 11 is 5.72. The van der Waals surface area contributed by atoms with E-state index in [1.165, 1.54) is 25.0 Å². The lowest BCUT2D eigenvalue weighted by molar-refractivity contribution is 0.425. The molecule has 0 spiro atoms. The second-order valence-corrected chi connectivity index (χ2v) is 5.18. The van der Waals surface area contributed by atoms with Gasteiger partial charge in [0.25, 0.3) is 0 Å². The highest BCUT2D eigenvalue weighted by atomic mass is 35.5. The van der Waals surface area contributed by atoms with Crippen molar-refractivity contribution in [2.45, 2.75) is 25.4 Å². The number of halogens is 2. The van der Waals surface area contributed by atoms with Gasteiger partial charge in [0.2, 0.25) is 5.88 Å². The van der Waals surface area contributed by atoms with Gasteiger partial charge in [0.05, 0.1) is 10.7 Å². The molecule has 2 aromatic rings. The fraction of sp³-hybridized carbons (Fsp3) is 0.267. The van der Waals surface area contributed by atoms with E-state index in [1.807, 2.05) is 12.1 Å². The Kier molecular flexibility index (Phi) is 3.85. The van der Waals surface area contributed by atoms with Crippen molar-refractivity contribution in [3.63, 3.8) is 0 Å². The lowest BCUT2D eigenvalue weighted by Gasteiger charge is -2.08. The van der Waals surface area contributed by atoms with Crippen molar-refractivity contribution in [2.75, 3.05) is 0 Å². The van der Waals surface area contributed by atoms with E-state index in [4.69, 9.17) is 16.3 Å². The molecule has 0 bridgehead atoms. The van der Waals surface area contributed by atoms with Gasteiger partial charge >= 0.3 is 0 Å². The third-order valence-corrected chi connectivity index (χ3v) is 3.35.